The molecule has 1 N–H and O–H groups in total. The minimum atomic E-state index is -0.565. The van der Waals surface area contributed by atoms with Crippen molar-refractivity contribution < 1.29 is 5.82 Å². The summed E-state index contributed by atoms with van der Waals surface area (Å²) in [6, 6.07) is 0. The van der Waals surface area contributed by atoms with Gasteiger partial charge in [-0.1, -0.05) is 0 Å². The molecule has 1 fully saturated rings. The lowest BCUT2D eigenvalue weighted by molar-refractivity contribution is 0.361. The predicted octanol–water partition coefficient (Wildman–Crippen LogP) is 0.564. The first kappa shape index (κ1) is 4.06. The topological polar surface area (TPSA) is 12.0 Å². The Bertz CT molecular complexity index is 45.0. The minimum absolute atomic E-state index is 0. The molecule has 1 atom stereocenters. The second-order valence-electron chi connectivity index (χ2n) is 1.59. The molecule has 0 radical (unpaired) electrons. The highest BCUT2D eigenvalue weighted by atomic mass is 19.1. The Balaban J connectivity index is 0.000000360. The summed E-state index contributed by atoms with van der Waals surface area (Å²) in [5.74, 6) is 0. The molecule has 1 aliphatic heterocycles. The third kappa shape index (κ3) is 0.684. The number of nitrogens with one attached hydrogen (secondary N) is 1. The molecule has 0 aromatic rings. The number of hydrogen-bond donors (Lipinski definition) is 1. The zero-order valence-electron chi connectivity index (χ0n) is 3.58. The van der Waals surface area contributed by atoms with Crippen LogP contribution >= 0.6 is 0 Å². The first-order chi connectivity index (χ1) is 2.89. The summed E-state index contributed by atoms with van der Waals surface area (Å²) in [7, 11) is 0. The van der Waals surface area contributed by atoms with Crippen molar-refractivity contribution in [3.8, 4) is 0 Å². The molecule has 1 saturated heterocycles. The van der Waals surface area contributed by atoms with Crippen LogP contribution in [0.1, 0.15) is 7.85 Å². The predicted molar refractivity (Wildman–Crippen MR) is 24.5 cm³/mol. The summed E-state index contributed by atoms with van der Waals surface area (Å²) < 4.78 is 11.9. The molecule has 1 aliphatic rings. The van der Waals surface area contributed by atoms with Crippen molar-refractivity contribution in [2.24, 2.45) is 0 Å². The van der Waals surface area contributed by atoms with Gasteiger partial charge in [0.1, 0.15) is 6.17 Å². The van der Waals surface area contributed by atoms with E-state index < -0.39 is 6.17 Å². The van der Waals surface area contributed by atoms with Crippen molar-refractivity contribution in [2.75, 3.05) is 13.1 Å². The van der Waals surface area contributed by atoms with Gasteiger partial charge in [0.05, 0.1) is 0 Å². The zero-order valence-corrected chi connectivity index (χ0v) is 3.58. The first-order valence-corrected chi connectivity index (χ1v) is 2.24. The molecule has 2 heteroatoms. The van der Waals surface area contributed by atoms with E-state index in [0.29, 0.717) is 13.0 Å². The van der Waals surface area contributed by atoms with E-state index in [-0.39, 0.29) is 1.43 Å². The standard InChI is InChI=1S/C4H8FN.H2/c5-4-1-2-6-3-4;/h4,6H,1-3H2;1H/t4-;/m0./s1. The Hall–Kier alpha value is -0.110. The maximum Gasteiger partial charge on any atom is 0.114 e. The van der Waals surface area contributed by atoms with Gasteiger partial charge in [0.15, 0.2) is 0 Å². The van der Waals surface area contributed by atoms with E-state index in [1.165, 1.54) is 0 Å². The Kier molecular flexibility index (Phi) is 1.05. The smallest absolute Gasteiger partial charge is 0.114 e. The van der Waals surface area contributed by atoms with Crippen LogP contribution in [0, 0.1) is 0 Å². The molecular formula is C4H10FN. The van der Waals surface area contributed by atoms with E-state index in [0.717, 1.165) is 6.54 Å². The average molecular weight is 91.1 g/mol. The quantitative estimate of drug-likeness (QED) is 0.459. The number of halogens is 1. The molecule has 1 rings (SSSR count). The van der Waals surface area contributed by atoms with Crippen LogP contribution in [0.3, 0.4) is 0 Å². The third-order valence-corrected chi connectivity index (χ3v) is 1.00. The van der Waals surface area contributed by atoms with Crippen LogP contribution in [0.4, 0.5) is 4.39 Å². The molecule has 0 spiro atoms. The Labute approximate surface area is 38.0 Å². The van der Waals surface area contributed by atoms with Crippen molar-refractivity contribution >= 4 is 0 Å². The zero-order chi connectivity index (χ0) is 4.41. The van der Waals surface area contributed by atoms with E-state index in [4.69, 9.17) is 0 Å². The molecule has 0 aliphatic carbocycles. The number of hydrogen-bond acceptors (Lipinski definition) is 1. The highest BCUT2D eigenvalue weighted by Gasteiger charge is 2.10. The van der Waals surface area contributed by atoms with Crippen molar-refractivity contribution in [3.63, 3.8) is 0 Å². The average Bonchev–Trinajstić information content (AvgIpc) is 1.86. The normalized spacial score (nSPS) is 34.5. The highest BCUT2D eigenvalue weighted by Crippen LogP contribution is 1.99. The van der Waals surface area contributed by atoms with Crippen LogP contribution in [0.15, 0.2) is 0 Å². The molecule has 0 bridgehead atoms. The van der Waals surface area contributed by atoms with Gasteiger partial charge in [0.25, 0.3) is 0 Å². The lowest BCUT2D eigenvalue weighted by Crippen LogP contribution is -2.08. The highest BCUT2D eigenvalue weighted by molar-refractivity contribution is 4.68. The molecule has 0 aromatic carbocycles. The monoisotopic (exact) mass is 91.1 g/mol. The van der Waals surface area contributed by atoms with Crippen LogP contribution in [-0.4, -0.2) is 19.3 Å². The lowest BCUT2D eigenvalue weighted by Gasteiger charge is -1.86. The molecule has 0 aromatic heterocycles. The van der Waals surface area contributed by atoms with Gasteiger partial charge in [-0.3, -0.25) is 0 Å². The van der Waals surface area contributed by atoms with Crippen LogP contribution in [-0.2, 0) is 0 Å². The van der Waals surface area contributed by atoms with Crippen molar-refractivity contribution in [1.29, 1.82) is 0 Å². The van der Waals surface area contributed by atoms with Gasteiger partial charge in [0, 0.05) is 7.97 Å². The van der Waals surface area contributed by atoms with Crippen LogP contribution in [0.2, 0.25) is 0 Å². The summed E-state index contributed by atoms with van der Waals surface area (Å²) in [6.45, 7) is 1.43. The van der Waals surface area contributed by atoms with Crippen molar-refractivity contribution in [1.82, 2.24) is 5.32 Å². The largest absolute Gasteiger partial charge is 0.314 e. The van der Waals surface area contributed by atoms with Gasteiger partial charge in [-0.2, -0.15) is 0 Å². The van der Waals surface area contributed by atoms with Gasteiger partial charge < -0.3 is 5.32 Å². The van der Waals surface area contributed by atoms with E-state index in [9.17, 15) is 4.39 Å². The van der Waals surface area contributed by atoms with E-state index >= 15 is 0 Å². The fraction of sp³-hybridized carbons (Fsp3) is 1.00. The van der Waals surface area contributed by atoms with Crippen molar-refractivity contribution in [2.45, 2.75) is 12.6 Å². The molecular weight excluding hydrogens is 81.0 g/mol. The Morgan fingerprint density at radius 1 is 1.83 bits per heavy atom. The minimum Gasteiger partial charge on any atom is -0.314 e. The van der Waals surface area contributed by atoms with Gasteiger partial charge in [-0.15, -0.1) is 0 Å². The summed E-state index contributed by atoms with van der Waals surface area (Å²) in [5, 5.41) is 2.90. The SMILES string of the molecule is F[C@H]1CCNC1.[HH]. The first-order valence-electron chi connectivity index (χ1n) is 2.24. The summed E-state index contributed by atoms with van der Waals surface area (Å²) in [5.41, 5.74) is 0. The van der Waals surface area contributed by atoms with Gasteiger partial charge in [0.2, 0.25) is 0 Å². The molecule has 0 saturated carbocycles. The maximum absolute atomic E-state index is 11.9. The van der Waals surface area contributed by atoms with Crippen LogP contribution in [0.5, 0.6) is 0 Å². The van der Waals surface area contributed by atoms with Gasteiger partial charge >= 0.3 is 0 Å². The molecule has 1 nitrogen and oxygen atoms in total. The fourth-order valence-electron chi connectivity index (χ4n) is 0.619. The molecule has 0 unspecified atom stereocenters. The summed E-state index contributed by atoms with van der Waals surface area (Å²) in [6.07, 6.45) is 0.144. The van der Waals surface area contributed by atoms with Crippen LogP contribution < -0.4 is 5.32 Å². The summed E-state index contributed by atoms with van der Waals surface area (Å²) >= 11 is 0. The molecule has 0 amide bonds. The van der Waals surface area contributed by atoms with Gasteiger partial charge in [-0.05, 0) is 13.0 Å². The molecule has 6 heavy (non-hydrogen) atoms. The van der Waals surface area contributed by atoms with Crippen molar-refractivity contribution in [3.05, 3.63) is 0 Å². The van der Waals surface area contributed by atoms with Gasteiger partial charge in [-0.25, -0.2) is 4.39 Å². The van der Waals surface area contributed by atoms with E-state index in [1.54, 1.807) is 0 Å². The molecule has 38 valence electrons. The maximum atomic E-state index is 11.9. The Morgan fingerprint density at radius 3 is 2.83 bits per heavy atom. The van der Waals surface area contributed by atoms with E-state index in [1.807, 2.05) is 0 Å². The lowest BCUT2D eigenvalue weighted by atomic mass is 10.4. The number of rotatable bonds is 0. The van der Waals surface area contributed by atoms with Crippen LogP contribution in [0.25, 0.3) is 0 Å². The Morgan fingerprint density at radius 2 is 2.67 bits per heavy atom. The third-order valence-electron chi connectivity index (χ3n) is 1.00. The van der Waals surface area contributed by atoms with E-state index in [2.05, 4.69) is 5.32 Å². The fourth-order valence-corrected chi connectivity index (χ4v) is 0.619. The molecule has 1 heterocycles. The number of alkyl halides is 1. The summed E-state index contributed by atoms with van der Waals surface area (Å²) in [4.78, 5) is 0. The second kappa shape index (κ2) is 1.56. The second-order valence-corrected chi connectivity index (χ2v) is 1.59.